The van der Waals surface area contributed by atoms with Crippen LogP contribution in [-0.4, -0.2) is 33.3 Å². The molecule has 0 spiro atoms. The van der Waals surface area contributed by atoms with Crippen LogP contribution in [0.2, 0.25) is 0 Å². The molecule has 5 rings (SSSR count). The molecule has 0 radical (unpaired) electrons. The average molecular weight is 573 g/mol. The molecule has 4 aromatic carbocycles. The number of anilines is 1. The standard InChI is InChI=1S/C33H27F3N2O4/c1-19-4-3-5-22(18-19)30(39)27-28(20-6-10-23(34)11-7-20)33(2,31(40)41)38(29(27)21-8-12-24(35)13-9-21)32(42)37-26-16-14-25(36)15-17-26/h3-18,27-29H,1-2H3,(H,37,42)(H,40,41). The number of carboxylic acids is 1. The summed E-state index contributed by atoms with van der Waals surface area (Å²) in [5.74, 6) is -5.83. The van der Waals surface area contributed by atoms with Crippen molar-refractivity contribution in [1.82, 2.24) is 4.90 Å². The van der Waals surface area contributed by atoms with Gasteiger partial charge in [-0.2, -0.15) is 0 Å². The first kappa shape index (κ1) is 28.6. The molecule has 1 aliphatic heterocycles. The van der Waals surface area contributed by atoms with Gasteiger partial charge in [0.25, 0.3) is 0 Å². The number of carbonyl (C=O) groups is 3. The van der Waals surface area contributed by atoms with E-state index in [4.69, 9.17) is 0 Å². The summed E-state index contributed by atoms with van der Waals surface area (Å²) in [6.45, 7) is 3.15. The maximum absolute atomic E-state index is 14.4. The van der Waals surface area contributed by atoms with Crippen LogP contribution in [0.1, 0.15) is 45.9 Å². The summed E-state index contributed by atoms with van der Waals surface area (Å²) in [6, 6.07) is 19.9. The smallest absolute Gasteiger partial charge is 0.330 e. The first-order valence-electron chi connectivity index (χ1n) is 13.2. The van der Waals surface area contributed by atoms with Crippen molar-refractivity contribution in [2.24, 2.45) is 5.92 Å². The summed E-state index contributed by atoms with van der Waals surface area (Å²) in [4.78, 5) is 42.8. The summed E-state index contributed by atoms with van der Waals surface area (Å²) in [6.07, 6.45) is 0. The summed E-state index contributed by atoms with van der Waals surface area (Å²) < 4.78 is 41.7. The van der Waals surface area contributed by atoms with Gasteiger partial charge in [0.05, 0.1) is 12.0 Å². The van der Waals surface area contributed by atoms with E-state index in [0.717, 1.165) is 22.6 Å². The Balaban J connectivity index is 1.77. The van der Waals surface area contributed by atoms with Crippen LogP contribution >= 0.6 is 0 Å². The Bertz CT molecular complexity index is 1640. The molecule has 214 valence electrons. The number of carboxylic acid groups (broad SMARTS) is 1. The Hall–Kier alpha value is -4.92. The zero-order valence-corrected chi connectivity index (χ0v) is 22.7. The van der Waals surface area contributed by atoms with E-state index < -0.39 is 58.7 Å². The van der Waals surface area contributed by atoms with Gasteiger partial charge in [-0.05, 0) is 79.6 Å². The minimum absolute atomic E-state index is 0.193. The molecule has 9 heteroatoms. The van der Waals surface area contributed by atoms with Crippen molar-refractivity contribution in [3.63, 3.8) is 0 Å². The molecule has 4 unspecified atom stereocenters. The average Bonchev–Trinajstić information content (AvgIpc) is 3.25. The van der Waals surface area contributed by atoms with Gasteiger partial charge in [0.1, 0.15) is 23.0 Å². The lowest BCUT2D eigenvalue weighted by Crippen LogP contribution is -2.55. The van der Waals surface area contributed by atoms with E-state index in [1.165, 1.54) is 67.6 Å². The van der Waals surface area contributed by atoms with Gasteiger partial charge in [-0.25, -0.2) is 22.8 Å². The van der Waals surface area contributed by atoms with Gasteiger partial charge in [0.15, 0.2) is 5.78 Å². The second-order valence-corrected chi connectivity index (χ2v) is 10.5. The molecular weight excluding hydrogens is 545 g/mol. The Labute approximate surface area is 240 Å². The second kappa shape index (κ2) is 11.2. The molecule has 0 aromatic heterocycles. The zero-order chi connectivity index (χ0) is 30.2. The third kappa shape index (κ3) is 5.13. The third-order valence-corrected chi connectivity index (χ3v) is 7.88. The molecule has 0 bridgehead atoms. The highest BCUT2D eigenvalue weighted by atomic mass is 19.1. The number of aliphatic carboxylic acids is 1. The quantitative estimate of drug-likeness (QED) is 0.241. The lowest BCUT2D eigenvalue weighted by Gasteiger charge is -2.37. The van der Waals surface area contributed by atoms with Crippen LogP contribution in [-0.2, 0) is 4.79 Å². The number of carbonyl (C=O) groups excluding carboxylic acids is 2. The molecule has 4 aromatic rings. The van der Waals surface area contributed by atoms with Crippen LogP contribution in [0.3, 0.4) is 0 Å². The lowest BCUT2D eigenvalue weighted by atomic mass is 9.71. The predicted octanol–water partition coefficient (Wildman–Crippen LogP) is 7.13. The third-order valence-electron chi connectivity index (χ3n) is 7.88. The molecule has 0 saturated carbocycles. The van der Waals surface area contributed by atoms with Gasteiger partial charge in [0, 0.05) is 17.2 Å². The Kier molecular flexibility index (Phi) is 7.60. The normalized spacial score (nSPS) is 21.6. The number of nitrogens with one attached hydrogen (secondary N) is 1. The number of likely N-dealkylation sites (tertiary alicyclic amines) is 1. The molecule has 6 nitrogen and oxygen atoms in total. The molecule has 1 aliphatic rings. The highest BCUT2D eigenvalue weighted by molar-refractivity contribution is 6.03. The van der Waals surface area contributed by atoms with Crippen molar-refractivity contribution < 1.29 is 32.7 Å². The van der Waals surface area contributed by atoms with Crippen molar-refractivity contribution in [2.45, 2.75) is 31.3 Å². The van der Waals surface area contributed by atoms with Crippen molar-refractivity contribution >= 4 is 23.5 Å². The Morgan fingerprint density at radius 1 is 0.786 bits per heavy atom. The van der Waals surface area contributed by atoms with E-state index in [9.17, 15) is 32.7 Å². The summed E-state index contributed by atoms with van der Waals surface area (Å²) >= 11 is 0. The van der Waals surface area contributed by atoms with Gasteiger partial charge >= 0.3 is 12.0 Å². The first-order valence-corrected chi connectivity index (χ1v) is 13.2. The van der Waals surface area contributed by atoms with Crippen LogP contribution in [0.4, 0.5) is 23.7 Å². The minimum atomic E-state index is -2.05. The van der Waals surface area contributed by atoms with Gasteiger partial charge in [-0.1, -0.05) is 48.0 Å². The van der Waals surface area contributed by atoms with E-state index in [2.05, 4.69) is 5.32 Å². The van der Waals surface area contributed by atoms with Gasteiger partial charge in [0.2, 0.25) is 0 Å². The highest BCUT2D eigenvalue weighted by Crippen LogP contribution is 2.56. The largest absolute Gasteiger partial charge is 0.479 e. The monoisotopic (exact) mass is 572 g/mol. The number of nitrogens with zero attached hydrogens (tertiary/aromatic N) is 1. The number of ketones is 1. The molecular formula is C33H27F3N2O4. The van der Waals surface area contributed by atoms with Gasteiger partial charge in [-0.3, -0.25) is 9.69 Å². The number of urea groups is 1. The van der Waals surface area contributed by atoms with E-state index in [1.54, 1.807) is 18.2 Å². The van der Waals surface area contributed by atoms with Crippen molar-refractivity contribution in [2.75, 3.05) is 5.32 Å². The summed E-state index contributed by atoms with van der Waals surface area (Å²) in [5.41, 5.74) is -0.107. The van der Waals surface area contributed by atoms with Crippen LogP contribution in [0.15, 0.2) is 97.1 Å². The summed E-state index contributed by atoms with van der Waals surface area (Å²) in [7, 11) is 0. The molecule has 1 saturated heterocycles. The number of halogens is 3. The minimum Gasteiger partial charge on any atom is -0.479 e. The van der Waals surface area contributed by atoms with E-state index in [-0.39, 0.29) is 5.69 Å². The molecule has 4 atom stereocenters. The van der Waals surface area contributed by atoms with Crippen LogP contribution in [0, 0.1) is 30.3 Å². The van der Waals surface area contributed by atoms with Crippen molar-refractivity contribution in [1.29, 1.82) is 0 Å². The maximum atomic E-state index is 14.4. The Morgan fingerprint density at radius 3 is 1.83 bits per heavy atom. The van der Waals surface area contributed by atoms with Crippen molar-refractivity contribution in [3.05, 3.63) is 137 Å². The predicted molar refractivity (Wildman–Crippen MR) is 151 cm³/mol. The SMILES string of the molecule is Cc1cccc(C(=O)C2C(c3ccc(F)cc3)N(C(=O)Nc3ccc(F)cc3)C(C)(C(=O)O)C2c2ccc(F)cc2)c1. The van der Waals surface area contributed by atoms with E-state index >= 15 is 0 Å². The van der Waals surface area contributed by atoms with Crippen LogP contribution < -0.4 is 5.32 Å². The molecule has 42 heavy (non-hydrogen) atoms. The lowest BCUT2D eigenvalue weighted by molar-refractivity contribution is -0.148. The van der Waals surface area contributed by atoms with Gasteiger partial charge < -0.3 is 10.4 Å². The fraction of sp³-hybridized carbons (Fsp3) is 0.182. The fourth-order valence-electron chi connectivity index (χ4n) is 5.93. The Morgan fingerprint density at radius 2 is 1.31 bits per heavy atom. The fourth-order valence-corrected chi connectivity index (χ4v) is 5.93. The van der Waals surface area contributed by atoms with E-state index in [0.29, 0.717) is 16.7 Å². The molecule has 1 fully saturated rings. The topological polar surface area (TPSA) is 86.7 Å². The molecule has 2 N–H and O–H groups in total. The number of hydrogen-bond acceptors (Lipinski definition) is 3. The molecule has 0 aliphatic carbocycles. The van der Waals surface area contributed by atoms with E-state index in [1.807, 2.05) is 13.0 Å². The number of hydrogen-bond donors (Lipinski definition) is 2. The zero-order valence-electron chi connectivity index (χ0n) is 22.7. The maximum Gasteiger partial charge on any atom is 0.330 e. The summed E-state index contributed by atoms with van der Waals surface area (Å²) in [5, 5.41) is 13.4. The van der Waals surface area contributed by atoms with Crippen LogP contribution in [0.5, 0.6) is 0 Å². The number of benzene rings is 4. The number of amides is 2. The van der Waals surface area contributed by atoms with Gasteiger partial charge in [-0.15, -0.1) is 0 Å². The first-order chi connectivity index (χ1) is 20.0. The highest BCUT2D eigenvalue weighted by Gasteiger charge is 2.65. The molecule has 2 amide bonds. The molecule has 1 heterocycles. The number of aryl methyl sites for hydroxylation is 1. The van der Waals surface area contributed by atoms with Crippen LogP contribution in [0.25, 0.3) is 0 Å². The number of rotatable bonds is 6. The van der Waals surface area contributed by atoms with Crippen molar-refractivity contribution in [3.8, 4) is 0 Å². The number of Topliss-reactive ketones (excluding diaryl/α,β-unsaturated/α-hetero) is 1. The second-order valence-electron chi connectivity index (χ2n) is 10.5.